The lowest BCUT2D eigenvalue weighted by atomic mass is 10.0. The lowest BCUT2D eigenvalue weighted by Gasteiger charge is -2.30. The molecule has 4 heteroatoms. The highest BCUT2D eigenvalue weighted by Crippen LogP contribution is 2.15. The van der Waals surface area contributed by atoms with E-state index in [4.69, 9.17) is 5.26 Å². The number of benzene rings is 1. The van der Waals surface area contributed by atoms with E-state index in [0.717, 1.165) is 43.8 Å². The molecule has 0 bridgehead atoms. The second kappa shape index (κ2) is 10.1. The van der Waals surface area contributed by atoms with Gasteiger partial charge in [0, 0.05) is 19.5 Å². The van der Waals surface area contributed by atoms with Crippen molar-refractivity contribution >= 4 is 5.91 Å². The van der Waals surface area contributed by atoms with E-state index < -0.39 is 0 Å². The van der Waals surface area contributed by atoms with Gasteiger partial charge in [-0.25, -0.2) is 0 Å². The summed E-state index contributed by atoms with van der Waals surface area (Å²) in [4.78, 5) is 14.4. The fraction of sp³-hybridized carbons (Fsp3) is 0.600. The maximum Gasteiger partial charge on any atom is 0.220 e. The Bertz CT molecular complexity index is 547. The van der Waals surface area contributed by atoms with Gasteiger partial charge in [-0.2, -0.15) is 5.26 Å². The molecule has 1 atom stereocenters. The Labute approximate surface area is 145 Å². The van der Waals surface area contributed by atoms with Crippen LogP contribution in [0.1, 0.15) is 50.2 Å². The van der Waals surface area contributed by atoms with E-state index in [2.05, 4.69) is 23.2 Å². The molecule has 1 aliphatic heterocycles. The number of hydrogen-bond acceptors (Lipinski definition) is 3. The fourth-order valence-corrected chi connectivity index (χ4v) is 3.27. The van der Waals surface area contributed by atoms with Gasteiger partial charge in [-0.15, -0.1) is 0 Å². The molecule has 0 aromatic heterocycles. The van der Waals surface area contributed by atoms with Crippen molar-refractivity contribution in [2.75, 3.05) is 26.2 Å². The number of piperidine rings is 1. The third-order valence-electron chi connectivity index (χ3n) is 4.69. The van der Waals surface area contributed by atoms with Crippen molar-refractivity contribution < 1.29 is 4.79 Å². The van der Waals surface area contributed by atoms with Crippen LogP contribution in [0.15, 0.2) is 24.3 Å². The van der Waals surface area contributed by atoms with Crippen molar-refractivity contribution in [3.05, 3.63) is 35.4 Å². The number of hydrogen-bond donors (Lipinski definition) is 1. The number of nitriles is 1. The number of carbonyl (C=O) groups is 1. The van der Waals surface area contributed by atoms with E-state index in [0.29, 0.717) is 12.0 Å². The normalized spacial score (nSPS) is 18.1. The van der Waals surface area contributed by atoms with E-state index in [-0.39, 0.29) is 5.91 Å². The Balaban J connectivity index is 1.52. The molecule has 0 unspecified atom stereocenters. The highest BCUT2D eigenvalue weighted by Gasteiger charge is 2.15. The minimum Gasteiger partial charge on any atom is -0.356 e. The SMILES string of the molecule is C[C@H]1CCCN(CCCCNC(=O)CCc2ccc(C#N)cc2)C1. The Kier molecular flexibility index (Phi) is 7.77. The van der Waals surface area contributed by atoms with Gasteiger partial charge in [0.25, 0.3) is 0 Å². The van der Waals surface area contributed by atoms with Crippen LogP contribution in [-0.2, 0) is 11.2 Å². The van der Waals surface area contributed by atoms with Gasteiger partial charge in [-0.05, 0) is 68.8 Å². The van der Waals surface area contributed by atoms with Crippen LogP contribution in [0.2, 0.25) is 0 Å². The van der Waals surface area contributed by atoms with E-state index in [1.165, 1.54) is 25.9 Å². The first-order chi connectivity index (χ1) is 11.7. The lowest BCUT2D eigenvalue weighted by Crippen LogP contribution is -2.35. The molecular weight excluding hydrogens is 298 g/mol. The average molecular weight is 327 g/mol. The van der Waals surface area contributed by atoms with Gasteiger partial charge in [0.15, 0.2) is 0 Å². The quantitative estimate of drug-likeness (QED) is 0.746. The first-order valence-corrected chi connectivity index (χ1v) is 9.15. The van der Waals surface area contributed by atoms with Crippen LogP contribution >= 0.6 is 0 Å². The zero-order chi connectivity index (χ0) is 17.2. The summed E-state index contributed by atoms with van der Waals surface area (Å²) in [7, 11) is 0. The summed E-state index contributed by atoms with van der Waals surface area (Å²) in [6, 6.07) is 9.55. The summed E-state index contributed by atoms with van der Waals surface area (Å²) in [5.41, 5.74) is 1.76. The first kappa shape index (κ1) is 18.5. The average Bonchev–Trinajstić information content (AvgIpc) is 2.60. The first-order valence-electron chi connectivity index (χ1n) is 9.15. The lowest BCUT2D eigenvalue weighted by molar-refractivity contribution is -0.121. The summed E-state index contributed by atoms with van der Waals surface area (Å²) in [5, 5.41) is 11.8. The number of rotatable bonds is 8. The number of likely N-dealkylation sites (tertiary alicyclic amines) is 1. The summed E-state index contributed by atoms with van der Waals surface area (Å²) >= 11 is 0. The largest absolute Gasteiger partial charge is 0.356 e. The molecular formula is C20H29N3O. The molecule has 0 saturated carbocycles. The summed E-state index contributed by atoms with van der Waals surface area (Å²) in [5.74, 6) is 0.951. The van der Waals surface area contributed by atoms with E-state index in [1.54, 1.807) is 12.1 Å². The number of carbonyl (C=O) groups excluding carboxylic acids is 1. The van der Waals surface area contributed by atoms with Gasteiger partial charge in [-0.3, -0.25) is 4.79 Å². The Morgan fingerprint density at radius 1 is 1.33 bits per heavy atom. The Morgan fingerprint density at radius 2 is 2.12 bits per heavy atom. The monoisotopic (exact) mass is 327 g/mol. The second-order valence-electron chi connectivity index (χ2n) is 6.91. The summed E-state index contributed by atoms with van der Waals surface area (Å²) in [6.07, 6.45) is 6.13. The van der Waals surface area contributed by atoms with Crippen molar-refractivity contribution in [3.8, 4) is 6.07 Å². The van der Waals surface area contributed by atoms with Crippen LogP contribution < -0.4 is 5.32 Å². The number of amides is 1. The number of nitrogens with zero attached hydrogens (tertiary/aromatic N) is 2. The van der Waals surface area contributed by atoms with Crippen molar-refractivity contribution in [1.82, 2.24) is 10.2 Å². The predicted molar refractivity (Wildman–Crippen MR) is 96.6 cm³/mol. The zero-order valence-electron chi connectivity index (χ0n) is 14.8. The second-order valence-corrected chi connectivity index (χ2v) is 6.91. The minimum absolute atomic E-state index is 0.117. The number of nitrogens with one attached hydrogen (secondary N) is 1. The molecule has 0 aliphatic carbocycles. The Morgan fingerprint density at radius 3 is 2.83 bits per heavy atom. The van der Waals surface area contributed by atoms with Crippen LogP contribution in [0.5, 0.6) is 0 Å². The van der Waals surface area contributed by atoms with E-state index >= 15 is 0 Å². The highest BCUT2D eigenvalue weighted by molar-refractivity contribution is 5.76. The molecule has 1 amide bonds. The predicted octanol–water partition coefficient (Wildman–Crippen LogP) is 3.12. The van der Waals surface area contributed by atoms with Gasteiger partial charge in [0.2, 0.25) is 5.91 Å². The van der Waals surface area contributed by atoms with Crippen LogP contribution in [0, 0.1) is 17.2 Å². The molecule has 1 saturated heterocycles. The Hall–Kier alpha value is -1.86. The van der Waals surface area contributed by atoms with Crippen LogP contribution in [0.4, 0.5) is 0 Å². The summed E-state index contributed by atoms with van der Waals surface area (Å²) in [6.45, 7) is 6.74. The van der Waals surface area contributed by atoms with Crippen molar-refractivity contribution in [2.24, 2.45) is 5.92 Å². The molecule has 2 rings (SSSR count). The zero-order valence-corrected chi connectivity index (χ0v) is 14.8. The van der Waals surface area contributed by atoms with Crippen molar-refractivity contribution in [2.45, 2.75) is 45.4 Å². The molecule has 0 spiro atoms. The van der Waals surface area contributed by atoms with Gasteiger partial charge in [-0.1, -0.05) is 19.1 Å². The maximum absolute atomic E-state index is 11.9. The minimum atomic E-state index is 0.117. The fourth-order valence-electron chi connectivity index (χ4n) is 3.27. The van der Waals surface area contributed by atoms with Gasteiger partial charge >= 0.3 is 0 Å². The smallest absolute Gasteiger partial charge is 0.220 e. The van der Waals surface area contributed by atoms with E-state index in [1.807, 2.05) is 12.1 Å². The summed E-state index contributed by atoms with van der Waals surface area (Å²) < 4.78 is 0. The third kappa shape index (κ3) is 6.72. The molecule has 1 aromatic rings. The van der Waals surface area contributed by atoms with Crippen LogP contribution in [-0.4, -0.2) is 37.0 Å². The molecule has 1 fully saturated rings. The third-order valence-corrected chi connectivity index (χ3v) is 4.69. The maximum atomic E-state index is 11.9. The van der Waals surface area contributed by atoms with Gasteiger partial charge in [0.05, 0.1) is 11.6 Å². The van der Waals surface area contributed by atoms with Gasteiger partial charge < -0.3 is 10.2 Å². The molecule has 4 nitrogen and oxygen atoms in total. The molecule has 1 N–H and O–H groups in total. The number of unbranched alkanes of at least 4 members (excludes halogenated alkanes) is 1. The van der Waals surface area contributed by atoms with Crippen molar-refractivity contribution in [1.29, 1.82) is 5.26 Å². The molecule has 130 valence electrons. The molecule has 1 heterocycles. The molecule has 24 heavy (non-hydrogen) atoms. The standard InChI is InChI=1S/C20H29N3O/c1-17-5-4-14-23(16-17)13-3-2-12-22-20(24)11-10-18-6-8-19(15-21)9-7-18/h6-9,17H,2-5,10-14,16H2,1H3,(H,22,24)/t17-/m0/s1. The molecule has 1 aliphatic rings. The topological polar surface area (TPSA) is 56.1 Å². The molecule has 0 radical (unpaired) electrons. The highest BCUT2D eigenvalue weighted by atomic mass is 16.1. The van der Waals surface area contributed by atoms with Crippen molar-refractivity contribution in [3.63, 3.8) is 0 Å². The van der Waals surface area contributed by atoms with Crippen LogP contribution in [0.25, 0.3) is 0 Å². The van der Waals surface area contributed by atoms with Gasteiger partial charge in [0.1, 0.15) is 0 Å². The van der Waals surface area contributed by atoms with E-state index in [9.17, 15) is 4.79 Å². The number of aryl methyl sites for hydroxylation is 1. The molecule has 1 aromatic carbocycles. The van der Waals surface area contributed by atoms with Crippen LogP contribution in [0.3, 0.4) is 0 Å².